The number of hydrogen-bond acceptors (Lipinski definition) is 4. The lowest BCUT2D eigenvalue weighted by atomic mass is 10.2. The van der Waals surface area contributed by atoms with Crippen molar-refractivity contribution in [1.29, 1.82) is 0 Å². The maximum Gasteiger partial charge on any atom is 0.453 e. The van der Waals surface area contributed by atoms with Crippen molar-refractivity contribution in [3.8, 4) is 17.2 Å². The summed E-state index contributed by atoms with van der Waals surface area (Å²) < 4.78 is 92.4. The van der Waals surface area contributed by atoms with Gasteiger partial charge in [-0.25, -0.2) is 14.1 Å². The highest BCUT2D eigenvalue weighted by Crippen LogP contribution is 2.34. The van der Waals surface area contributed by atoms with Gasteiger partial charge in [0.05, 0.1) is 5.75 Å². The first-order chi connectivity index (χ1) is 13.8. The van der Waals surface area contributed by atoms with Gasteiger partial charge in [-0.15, -0.1) is 16.9 Å². The van der Waals surface area contributed by atoms with Crippen LogP contribution >= 0.6 is 23.4 Å². The molecule has 30 heavy (non-hydrogen) atoms. The zero-order valence-electron chi connectivity index (χ0n) is 14.8. The van der Waals surface area contributed by atoms with E-state index < -0.39 is 41.3 Å². The zero-order valence-corrected chi connectivity index (χ0v) is 16.4. The van der Waals surface area contributed by atoms with Crippen LogP contribution in [0.15, 0.2) is 35.4 Å². The molecular weight excluding hydrogens is 461 g/mol. The van der Waals surface area contributed by atoms with Gasteiger partial charge in [0, 0.05) is 16.1 Å². The lowest BCUT2D eigenvalue weighted by Crippen LogP contribution is -2.11. The molecule has 0 atom stereocenters. The molecule has 3 rings (SSSR count). The largest absolute Gasteiger partial charge is 0.453 e. The average Bonchev–Trinajstić information content (AvgIpc) is 3.05. The van der Waals surface area contributed by atoms with Gasteiger partial charge in [0.1, 0.15) is 17.2 Å². The first-order valence-corrected chi connectivity index (χ1v) is 9.38. The maximum absolute atomic E-state index is 14.6. The predicted molar refractivity (Wildman–Crippen MR) is 96.1 cm³/mol. The Morgan fingerprint density at radius 2 is 1.80 bits per heavy atom. The molecule has 0 aliphatic heterocycles. The molecule has 0 saturated carbocycles. The van der Waals surface area contributed by atoms with E-state index >= 15 is 0 Å². The van der Waals surface area contributed by atoms with Crippen molar-refractivity contribution in [3.63, 3.8) is 0 Å². The molecule has 2 aromatic heterocycles. The topological polar surface area (TPSA) is 43.6 Å². The molecule has 0 spiro atoms. The first-order valence-electron chi connectivity index (χ1n) is 8.01. The molecule has 0 aliphatic rings. The summed E-state index contributed by atoms with van der Waals surface area (Å²) in [7, 11) is 0. The molecule has 13 heteroatoms. The molecule has 1 aromatic carbocycles. The Kier molecular flexibility index (Phi) is 6.01. The summed E-state index contributed by atoms with van der Waals surface area (Å²) >= 11 is 6.22. The highest BCUT2D eigenvalue weighted by Gasteiger charge is 2.38. The second-order valence-electron chi connectivity index (χ2n) is 6.00. The summed E-state index contributed by atoms with van der Waals surface area (Å²) in [5, 5.41) is 3.46. The summed E-state index contributed by atoms with van der Waals surface area (Å²) in [5.41, 5.74) is -0.455. The van der Waals surface area contributed by atoms with Gasteiger partial charge < -0.3 is 0 Å². The van der Waals surface area contributed by atoms with Crippen LogP contribution in [0.3, 0.4) is 0 Å². The first kappa shape index (κ1) is 22.3. The van der Waals surface area contributed by atoms with Gasteiger partial charge in [-0.3, -0.25) is 4.98 Å². The van der Waals surface area contributed by atoms with Crippen LogP contribution in [0.4, 0.5) is 30.7 Å². The lowest BCUT2D eigenvalue weighted by Gasteiger charge is -2.12. The summed E-state index contributed by atoms with van der Waals surface area (Å²) in [6.45, 7) is 1.38. The van der Waals surface area contributed by atoms with E-state index in [0.717, 1.165) is 12.1 Å². The normalized spacial score (nSPS) is 12.4. The van der Waals surface area contributed by atoms with E-state index in [1.54, 1.807) is 0 Å². The van der Waals surface area contributed by atoms with Crippen molar-refractivity contribution in [3.05, 3.63) is 52.7 Å². The predicted octanol–water partition coefficient (Wildman–Crippen LogP) is 6.10. The lowest BCUT2D eigenvalue weighted by molar-refractivity contribution is -0.144. The van der Waals surface area contributed by atoms with Crippen molar-refractivity contribution in [2.45, 2.75) is 24.2 Å². The Hall–Kier alpha value is -2.34. The molecule has 0 radical (unpaired) electrons. The Labute approximate surface area is 174 Å². The number of pyridine rings is 1. The van der Waals surface area contributed by atoms with E-state index in [0.29, 0.717) is 16.4 Å². The Morgan fingerprint density at radius 3 is 2.40 bits per heavy atom. The molecule has 0 aliphatic carbocycles. The van der Waals surface area contributed by atoms with Crippen LogP contribution < -0.4 is 0 Å². The standard InChI is InChI=1S/C17H10ClF7N4S/c1-8-4-10(19)12(6-13(8)30-7-16(20,21)22)29-14(11-5-9(18)2-3-26-11)27-15(28-29)17(23,24)25/h2-6H,7H2,1H3. The summed E-state index contributed by atoms with van der Waals surface area (Å²) in [5.74, 6) is -4.29. The van der Waals surface area contributed by atoms with Crippen molar-refractivity contribution < 1.29 is 30.7 Å². The van der Waals surface area contributed by atoms with E-state index in [1.165, 1.54) is 25.3 Å². The second kappa shape index (κ2) is 8.06. The van der Waals surface area contributed by atoms with Crippen molar-refractivity contribution >= 4 is 23.4 Å². The molecule has 2 heterocycles. The summed E-state index contributed by atoms with van der Waals surface area (Å²) in [6, 6.07) is 4.48. The molecule has 160 valence electrons. The van der Waals surface area contributed by atoms with Gasteiger partial charge in [0.15, 0.2) is 5.82 Å². The van der Waals surface area contributed by atoms with Crippen LogP contribution in [0, 0.1) is 12.7 Å². The van der Waals surface area contributed by atoms with Gasteiger partial charge in [-0.2, -0.15) is 26.3 Å². The molecule has 0 saturated heterocycles. The van der Waals surface area contributed by atoms with E-state index in [9.17, 15) is 30.7 Å². The third kappa shape index (κ3) is 5.04. The molecule has 0 amide bonds. The zero-order chi connectivity index (χ0) is 22.3. The van der Waals surface area contributed by atoms with Gasteiger partial charge >= 0.3 is 12.4 Å². The Bertz CT molecular complexity index is 1080. The molecule has 0 N–H and O–H groups in total. The Morgan fingerprint density at radius 1 is 1.10 bits per heavy atom. The van der Waals surface area contributed by atoms with Crippen LogP contribution in [0.25, 0.3) is 17.2 Å². The number of halogens is 8. The third-order valence-electron chi connectivity index (χ3n) is 3.68. The van der Waals surface area contributed by atoms with E-state index in [1.807, 2.05) is 0 Å². The maximum atomic E-state index is 14.6. The highest BCUT2D eigenvalue weighted by molar-refractivity contribution is 7.99. The van der Waals surface area contributed by atoms with Crippen molar-refractivity contribution in [2.75, 3.05) is 5.75 Å². The fourth-order valence-corrected chi connectivity index (χ4v) is 3.37. The number of aromatic nitrogens is 4. The Balaban J connectivity index is 2.18. The van der Waals surface area contributed by atoms with Crippen LogP contribution in [0.5, 0.6) is 0 Å². The molecule has 0 unspecified atom stereocenters. The number of thioether (sulfide) groups is 1. The van der Waals surface area contributed by atoms with Gasteiger partial charge in [-0.05, 0) is 36.8 Å². The number of aryl methyl sites for hydroxylation is 1. The second-order valence-corrected chi connectivity index (χ2v) is 7.45. The quantitative estimate of drug-likeness (QED) is 0.341. The number of hydrogen-bond donors (Lipinski definition) is 0. The van der Waals surface area contributed by atoms with Crippen LogP contribution in [0.2, 0.25) is 5.02 Å². The van der Waals surface area contributed by atoms with E-state index in [4.69, 9.17) is 11.6 Å². The number of benzene rings is 1. The van der Waals surface area contributed by atoms with Gasteiger partial charge in [0.2, 0.25) is 0 Å². The van der Waals surface area contributed by atoms with E-state index in [2.05, 4.69) is 15.1 Å². The van der Waals surface area contributed by atoms with Gasteiger partial charge in [0.25, 0.3) is 5.82 Å². The van der Waals surface area contributed by atoms with E-state index in [-0.39, 0.29) is 21.2 Å². The molecule has 4 nitrogen and oxygen atoms in total. The molecular formula is C17H10ClF7N4S. The monoisotopic (exact) mass is 470 g/mol. The number of rotatable bonds is 4. The fourth-order valence-electron chi connectivity index (χ4n) is 2.41. The minimum atomic E-state index is -4.95. The van der Waals surface area contributed by atoms with Crippen LogP contribution in [0.1, 0.15) is 11.4 Å². The average molecular weight is 471 g/mol. The SMILES string of the molecule is Cc1cc(F)c(-n2nc(C(F)(F)F)nc2-c2cc(Cl)ccn2)cc1SCC(F)(F)F. The molecule has 0 bridgehead atoms. The highest BCUT2D eigenvalue weighted by atomic mass is 35.5. The van der Waals surface area contributed by atoms with Crippen LogP contribution in [-0.4, -0.2) is 31.7 Å². The minimum Gasteiger partial charge on any atom is -0.253 e. The molecule has 3 aromatic rings. The van der Waals surface area contributed by atoms with Crippen LogP contribution in [-0.2, 0) is 6.18 Å². The minimum absolute atomic E-state index is 0.0257. The summed E-state index contributed by atoms with van der Waals surface area (Å²) in [6.07, 6.45) is -8.23. The molecule has 0 fully saturated rings. The van der Waals surface area contributed by atoms with Crippen molar-refractivity contribution in [2.24, 2.45) is 0 Å². The van der Waals surface area contributed by atoms with Crippen molar-refractivity contribution in [1.82, 2.24) is 19.7 Å². The number of alkyl halides is 6. The number of nitrogens with zero attached hydrogens (tertiary/aromatic N) is 4. The summed E-state index contributed by atoms with van der Waals surface area (Å²) in [4.78, 5) is 7.30. The van der Waals surface area contributed by atoms with Gasteiger partial charge in [-0.1, -0.05) is 11.6 Å². The third-order valence-corrected chi connectivity index (χ3v) is 5.13. The smallest absolute Gasteiger partial charge is 0.253 e. The fraction of sp³-hybridized carbons (Fsp3) is 0.235.